The molecule has 1 aromatic carbocycles. The van der Waals surface area contributed by atoms with Crippen LogP contribution >= 0.6 is 0 Å². The van der Waals surface area contributed by atoms with Gasteiger partial charge in [0.1, 0.15) is 0 Å². The van der Waals surface area contributed by atoms with Crippen molar-refractivity contribution in [3.63, 3.8) is 0 Å². The second-order valence-electron chi connectivity index (χ2n) is 4.76. The smallest absolute Gasteiger partial charge is 0.237 e. The standard InChI is InChI=1S/C15H22N3O2/c16-9-5-4-8-13(11-19)18-15(20)14(17)10-12-6-2-1-3-7-12/h1-3,6-7,13-14H,4-5,8-10,16-17H2,(H,18,20)/t13-,14-/m1/s1. The van der Waals surface area contributed by atoms with Crippen molar-refractivity contribution < 1.29 is 9.59 Å². The zero-order chi connectivity index (χ0) is 14.8. The normalized spacial score (nSPS) is 13.5. The molecule has 5 nitrogen and oxygen atoms in total. The Hall–Kier alpha value is -1.72. The van der Waals surface area contributed by atoms with Crippen LogP contribution in [0.1, 0.15) is 24.8 Å². The first-order chi connectivity index (χ1) is 9.67. The first-order valence-electron chi connectivity index (χ1n) is 6.85. The molecule has 0 saturated heterocycles. The zero-order valence-electron chi connectivity index (χ0n) is 11.5. The molecule has 1 aromatic rings. The van der Waals surface area contributed by atoms with E-state index in [1.54, 1.807) is 0 Å². The number of carbonyl (C=O) groups excluding carboxylic acids is 2. The van der Waals surface area contributed by atoms with Gasteiger partial charge in [0, 0.05) is 0 Å². The number of hydrogen-bond donors (Lipinski definition) is 3. The van der Waals surface area contributed by atoms with E-state index < -0.39 is 12.1 Å². The Morgan fingerprint density at radius 2 is 1.95 bits per heavy atom. The van der Waals surface area contributed by atoms with Crippen LogP contribution in [-0.2, 0) is 16.0 Å². The van der Waals surface area contributed by atoms with E-state index in [0.717, 1.165) is 18.4 Å². The summed E-state index contributed by atoms with van der Waals surface area (Å²) in [7, 11) is 0. The van der Waals surface area contributed by atoms with Crippen LogP contribution in [-0.4, -0.2) is 30.8 Å². The van der Waals surface area contributed by atoms with Gasteiger partial charge in [-0.15, -0.1) is 0 Å². The zero-order valence-corrected chi connectivity index (χ0v) is 11.5. The third-order valence-corrected chi connectivity index (χ3v) is 3.04. The van der Waals surface area contributed by atoms with Gasteiger partial charge in [0.05, 0.1) is 12.1 Å². The maximum Gasteiger partial charge on any atom is 0.237 e. The van der Waals surface area contributed by atoms with Crippen LogP contribution in [0.15, 0.2) is 30.3 Å². The lowest BCUT2D eigenvalue weighted by atomic mass is 10.1. The molecule has 0 fully saturated rings. The van der Waals surface area contributed by atoms with Gasteiger partial charge in [0.15, 0.2) is 0 Å². The minimum absolute atomic E-state index is 0.324. The molecule has 0 aliphatic carbocycles. The summed E-state index contributed by atoms with van der Waals surface area (Å²) in [5.41, 5.74) is 12.2. The van der Waals surface area contributed by atoms with Crippen LogP contribution in [0, 0.1) is 0 Å². The van der Waals surface area contributed by atoms with Crippen LogP contribution < -0.4 is 16.8 Å². The summed E-state index contributed by atoms with van der Waals surface area (Å²) in [6, 6.07) is 8.27. The van der Waals surface area contributed by atoms with Crippen molar-refractivity contribution in [2.24, 2.45) is 11.5 Å². The lowest BCUT2D eigenvalue weighted by molar-refractivity contribution is -0.122. The number of hydrogen-bond acceptors (Lipinski definition) is 4. The van der Waals surface area contributed by atoms with E-state index in [1.807, 2.05) is 36.6 Å². The van der Waals surface area contributed by atoms with E-state index in [4.69, 9.17) is 11.5 Å². The Balaban J connectivity index is 2.41. The molecule has 2 atom stereocenters. The predicted molar refractivity (Wildman–Crippen MR) is 78.7 cm³/mol. The van der Waals surface area contributed by atoms with Gasteiger partial charge in [-0.3, -0.25) is 9.59 Å². The molecule has 0 saturated carbocycles. The highest BCUT2D eigenvalue weighted by Gasteiger charge is 2.18. The van der Waals surface area contributed by atoms with E-state index in [2.05, 4.69) is 5.32 Å². The van der Waals surface area contributed by atoms with Gasteiger partial charge in [-0.2, -0.15) is 0 Å². The summed E-state index contributed by atoms with van der Waals surface area (Å²) >= 11 is 0. The molecule has 0 unspecified atom stereocenters. The second-order valence-corrected chi connectivity index (χ2v) is 4.76. The van der Waals surface area contributed by atoms with Crippen molar-refractivity contribution in [3.05, 3.63) is 35.9 Å². The average Bonchev–Trinajstić information content (AvgIpc) is 2.47. The fourth-order valence-electron chi connectivity index (χ4n) is 1.89. The molecule has 1 radical (unpaired) electrons. The molecular weight excluding hydrogens is 254 g/mol. The Morgan fingerprint density at radius 3 is 2.55 bits per heavy atom. The van der Waals surface area contributed by atoms with Gasteiger partial charge >= 0.3 is 0 Å². The van der Waals surface area contributed by atoms with E-state index in [-0.39, 0.29) is 5.91 Å². The first-order valence-corrected chi connectivity index (χ1v) is 6.85. The van der Waals surface area contributed by atoms with Crippen molar-refractivity contribution >= 4 is 12.2 Å². The molecule has 0 spiro atoms. The van der Waals surface area contributed by atoms with E-state index >= 15 is 0 Å². The van der Waals surface area contributed by atoms with Crippen molar-refractivity contribution in [2.45, 2.75) is 37.8 Å². The van der Waals surface area contributed by atoms with Crippen molar-refractivity contribution in [1.82, 2.24) is 5.32 Å². The van der Waals surface area contributed by atoms with Crippen LogP contribution in [0.2, 0.25) is 0 Å². The molecule has 109 valence electrons. The fraction of sp³-hybridized carbons (Fsp3) is 0.467. The Kier molecular flexibility index (Phi) is 7.54. The number of nitrogens with one attached hydrogen (secondary N) is 1. The molecule has 1 rings (SSSR count). The lowest BCUT2D eigenvalue weighted by Gasteiger charge is -2.16. The van der Waals surface area contributed by atoms with Gasteiger partial charge in [-0.25, -0.2) is 0 Å². The average molecular weight is 276 g/mol. The van der Waals surface area contributed by atoms with Crippen LogP contribution in [0.3, 0.4) is 0 Å². The molecule has 1 amide bonds. The molecule has 0 aliphatic rings. The highest BCUT2D eigenvalue weighted by molar-refractivity contribution is 5.84. The van der Waals surface area contributed by atoms with Gasteiger partial charge in [0.2, 0.25) is 12.2 Å². The number of unbranched alkanes of at least 4 members (excludes halogenated alkanes) is 1. The molecule has 20 heavy (non-hydrogen) atoms. The SMILES string of the molecule is NCCCC[C@H]([C]=O)NC(=O)[C@H](N)Cc1ccccc1. The number of carbonyl (C=O) groups is 1. The van der Waals surface area contributed by atoms with Crippen molar-refractivity contribution in [2.75, 3.05) is 6.54 Å². The summed E-state index contributed by atoms with van der Waals surface area (Å²) in [6.07, 6.45) is 4.43. The number of amides is 1. The topological polar surface area (TPSA) is 98.2 Å². The lowest BCUT2D eigenvalue weighted by Crippen LogP contribution is -2.47. The monoisotopic (exact) mass is 276 g/mol. The van der Waals surface area contributed by atoms with Crippen LogP contribution in [0.5, 0.6) is 0 Å². The van der Waals surface area contributed by atoms with E-state index in [0.29, 0.717) is 19.4 Å². The van der Waals surface area contributed by atoms with Gasteiger partial charge < -0.3 is 16.8 Å². The highest BCUT2D eigenvalue weighted by Crippen LogP contribution is 2.03. The van der Waals surface area contributed by atoms with Crippen LogP contribution in [0.25, 0.3) is 0 Å². The molecule has 5 N–H and O–H groups in total. The molecule has 0 bridgehead atoms. The maximum atomic E-state index is 11.9. The molecule has 5 heteroatoms. The van der Waals surface area contributed by atoms with Gasteiger partial charge in [0.25, 0.3) is 0 Å². The summed E-state index contributed by atoms with van der Waals surface area (Å²) in [5.74, 6) is -0.324. The summed E-state index contributed by atoms with van der Waals surface area (Å²) < 4.78 is 0. The Bertz CT molecular complexity index is 409. The largest absolute Gasteiger partial charge is 0.344 e. The van der Waals surface area contributed by atoms with E-state index in [1.165, 1.54) is 0 Å². The molecule has 0 aromatic heterocycles. The van der Waals surface area contributed by atoms with E-state index in [9.17, 15) is 9.59 Å². The predicted octanol–water partition coefficient (Wildman–Crippen LogP) is 0.280. The van der Waals surface area contributed by atoms with Gasteiger partial charge in [-0.05, 0) is 37.8 Å². The minimum Gasteiger partial charge on any atom is -0.344 e. The second kappa shape index (κ2) is 9.23. The van der Waals surface area contributed by atoms with Crippen molar-refractivity contribution in [1.29, 1.82) is 0 Å². The van der Waals surface area contributed by atoms with Crippen LogP contribution in [0.4, 0.5) is 0 Å². The summed E-state index contributed by atoms with van der Waals surface area (Å²) in [5, 5.41) is 2.62. The Labute approximate surface area is 119 Å². The number of benzene rings is 1. The fourth-order valence-corrected chi connectivity index (χ4v) is 1.89. The minimum atomic E-state index is -0.664. The summed E-state index contributed by atoms with van der Waals surface area (Å²) in [4.78, 5) is 22.7. The Morgan fingerprint density at radius 1 is 1.25 bits per heavy atom. The molecule has 0 aliphatic heterocycles. The number of rotatable bonds is 9. The quantitative estimate of drug-likeness (QED) is 0.564. The highest BCUT2D eigenvalue weighted by atomic mass is 16.2. The summed E-state index contributed by atoms with van der Waals surface area (Å²) in [6.45, 7) is 0.576. The third kappa shape index (κ3) is 5.95. The first kappa shape index (κ1) is 16.3. The number of nitrogens with two attached hydrogens (primary N) is 2. The van der Waals surface area contributed by atoms with Crippen molar-refractivity contribution in [3.8, 4) is 0 Å². The van der Waals surface area contributed by atoms with Gasteiger partial charge in [-0.1, -0.05) is 30.3 Å². The third-order valence-electron chi connectivity index (χ3n) is 3.04. The molecular formula is C15H22N3O2. The molecule has 0 heterocycles. The maximum absolute atomic E-state index is 11.9.